The summed E-state index contributed by atoms with van der Waals surface area (Å²) in [5.41, 5.74) is 0. The molecule has 0 aliphatic carbocycles. The standard InChI is InChI=1S/C6H14NO.C3H6O2/c1-7(2,3)4-6-5-8-6;4-1-3-2-5-3/h6H,4-5H2,1-3H3;3-4H,1-2H2/q+1;. The van der Waals surface area contributed by atoms with Crippen molar-refractivity contribution in [2.75, 3.05) is 47.5 Å². The zero-order chi connectivity index (χ0) is 9.90. The third-order valence-corrected chi connectivity index (χ3v) is 1.76. The molecule has 2 fully saturated rings. The lowest BCUT2D eigenvalue weighted by Gasteiger charge is -2.22. The first-order chi connectivity index (χ1) is 6.01. The molecule has 0 aromatic heterocycles. The number of aliphatic hydroxyl groups is 1. The van der Waals surface area contributed by atoms with Crippen LogP contribution in [0.4, 0.5) is 0 Å². The van der Waals surface area contributed by atoms with Crippen LogP contribution in [0.25, 0.3) is 0 Å². The fourth-order valence-corrected chi connectivity index (χ4v) is 0.958. The number of hydrogen-bond donors (Lipinski definition) is 1. The monoisotopic (exact) mass is 190 g/mol. The Bertz CT molecular complexity index is 147. The van der Waals surface area contributed by atoms with Crippen LogP contribution < -0.4 is 0 Å². The number of hydrogen-bond acceptors (Lipinski definition) is 3. The van der Waals surface area contributed by atoms with E-state index in [1.807, 2.05) is 0 Å². The van der Waals surface area contributed by atoms with Crippen molar-refractivity contribution in [3.05, 3.63) is 0 Å². The van der Waals surface area contributed by atoms with E-state index >= 15 is 0 Å². The molecule has 13 heavy (non-hydrogen) atoms. The summed E-state index contributed by atoms with van der Waals surface area (Å²) in [6.45, 7) is 3.09. The van der Waals surface area contributed by atoms with Crippen molar-refractivity contribution in [1.29, 1.82) is 0 Å². The predicted octanol–water partition coefficient (Wildman–Crippen LogP) is -0.531. The van der Waals surface area contributed by atoms with Crippen LogP contribution in [0, 0.1) is 0 Å². The molecular weight excluding hydrogens is 170 g/mol. The molecule has 2 aliphatic rings. The molecular formula is C9H20NO3+. The summed E-state index contributed by atoms with van der Waals surface area (Å²) < 4.78 is 10.7. The van der Waals surface area contributed by atoms with Crippen molar-refractivity contribution >= 4 is 0 Å². The maximum atomic E-state index is 8.08. The van der Waals surface area contributed by atoms with E-state index in [1.165, 1.54) is 0 Å². The van der Waals surface area contributed by atoms with Crippen molar-refractivity contribution in [1.82, 2.24) is 0 Å². The van der Waals surface area contributed by atoms with E-state index in [-0.39, 0.29) is 12.7 Å². The second-order valence-corrected chi connectivity index (χ2v) is 4.57. The second kappa shape index (κ2) is 4.37. The molecule has 2 saturated heterocycles. The Labute approximate surface area is 79.6 Å². The van der Waals surface area contributed by atoms with E-state index in [4.69, 9.17) is 9.84 Å². The average Bonchev–Trinajstić information content (AvgIpc) is 2.80. The molecule has 0 aromatic rings. The summed E-state index contributed by atoms with van der Waals surface area (Å²) in [5, 5.41) is 8.08. The first-order valence-corrected chi connectivity index (χ1v) is 4.66. The lowest BCUT2D eigenvalue weighted by Crippen LogP contribution is -2.37. The van der Waals surface area contributed by atoms with Crippen molar-refractivity contribution in [2.24, 2.45) is 0 Å². The number of epoxide rings is 2. The van der Waals surface area contributed by atoms with Crippen LogP contribution in [-0.4, -0.2) is 69.3 Å². The number of likely N-dealkylation sites (N-methyl/N-ethyl adjacent to an activating group) is 1. The normalized spacial score (nSPS) is 30.5. The first kappa shape index (κ1) is 10.9. The molecule has 0 saturated carbocycles. The molecule has 78 valence electrons. The highest BCUT2D eigenvalue weighted by molar-refractivity contribution is 4.66. The van der Waals surface area contributed by atoms with Crippen LogP contribution in [0.3, 0.4) is 0 Å². The fourth-order valence-electron chi connectivity index (χ4n) is 0.958. The molecule has 2 unspecified atom stereocenters. The molecule has 2 aliphatic heterocycles. The average molecular weight is 190 g/mol. The Kier molecular flexibility index (Phi) is 3.67. The van der Waals surface area contributed by atoms with Gasteiger partial charge < -0.3 is 19.1 Å². The number of nitrogens with zero attached hydrogens (tertiary/aromatic N) is 1. The molecule has 0 spiro atoms. The summed E-state index contributed by atoms with van der Waals surface area (Å²) in [6.07, 6.45) is 0.755. The number of ether oxygens (including phenoxy) is 2. The number of aliphatic hydroxyl groups excluding tert-OH is 1. The minimum Gasteiger partial charge on any atom is -0.394 e. The molecule has 2 heterocycles. The third kappa shape index (κ3) is 6.95. The highest BCUT2D eigenvalue weighted by atomic mass is 16.6. The number of rotatable bonds is 3. The molecule has 0 radical (unpaired) electrons. The van der Waals surface area contributed by atoms with Gasteiger partial charge in [0.15, 0.2) is 0 Å². The summed E-state index contributed by atoms with van der Waals surface area (Å²) in [4.78, 5) is 0. The van der Waals surface area contributed by atoms with Gasteiger partial charge in [-0.1, -0.05) is 0 Å². The fraction of sp³-hybridized carbons (Fsp3) is 1.00. The van der Waals surface area contributed by atoms with Crippen LogP contribution in [-0.2, 0) is 9.47 Å². The van der Waals surface area contributed by atoms with E-state index in [0.29, 0.717) is 6.10 Å². The summed E-state index contributed by atoms with van der Waals surface area (Å²) >= 11 is 0. The van der Waals surface area contributed by atoms with Gasteiger partial charge in [0.2, 0.25) is 0 Å². The number of quaternary nitrogens is 1. The van der Waals surface area contributed by atoms with E-state index in [1.54, 1.807) is 0 Å². The van der Waals surface area contributed by atoms with Gasteiger partial charge in [-0.05, 0) is 0 Å². The van der Waals surface area contributed by atoms with E-state index in [0.717, 1.165) is 24.2 Å². The molecule has 4 heteroatoms. The summed E-state index contributed by atoms with van der Waals surface area (Å²) in [5.74, 6) is 0. The largest absolute Gasteiger partial charge is 0.394 e. The molecule has 1 N–H and O–H groups in total. The molecule has 2 rings (SSSR count). The van der Waals surface area contributed by atoms with E-state index in [2.05, 4.69) is 25.9 Å². The van der Waals surface area contributed by atoms with E-state index < -0.39 is 0 Å². The van der Waals surface area contributed by atoms with Gasteiger partial charge in [-0.2, -0.15) is 0 Å². The predicted molar refractivity (Wildman–Crippen MR) is 49.5 cm³/mol. The Morgan fingerprint density at radius 1 is 1.15 bits per heavy atom. The van der Waals surface area contributed by atoms with Gasteiger partial charge >= 0.3 is 0 Å². The third-order valence-electron chi connectivity index (χ3n) is 1.76. The van der Waals surface area contributed by atoms with Crippen LogP contribution in [0.2, 0.25) is 0 Å². The van der Waals surface area contributed by atoms with Crippen LogP contribution in [0.5, 0.6) is 0 Å². The topological polar surface area (TPSA) is 45.3 Å². The summed E-state index contributed by atoms with van der Waals surface area (Å²) in [7, 11) is 6.55. The maximum Gasteiger partial charge on any atom is 0.130 e. The second-order valence-electron chi connectivity index (χ2n) is 4.57. The SMILES string of the molecule is C[N+](C)(C)CC1CO1.OCC1CO1. The Morgan fingerprint density at radius 2 is 1.62 bits per heavy atom. The van der Waals surface area contributed by atoms with Gasteiger partial charge in [-0.15, -0.1) is 0 Å². The zero-order valence-electron chi connectivity index (χ0n) is 8.69. The quantitative estimate of drug-likeness (QED) is 0.480. The Balaban J connectivity index is 0.000000145. The van der Waals surface area contributed by atoms with Gasteiger partial charge in [0.1, 0.15) is 18.8 Å². The smallest absolute Gasteiger partial charge is 0.130 e. The Hall–Kier alpha value is -0.160. The van der Waals surface area contributed by atoms with Gasteiger partial charge in [0.25, 0.3) is 0 Å². The highest BCUT2D eigenvalue weighted by Crippen LogP contribution is 2.11. The van der Waals surface area contributed by atoms with Crippen molar-refractivity contribution < 1.29 is 19.1 Å². The highest BCUT2D eigenvalue weighted by Gasteiger charge is 2.28. The Morgan fingerprint density at radius 3 is 1.69 bits per heavy atom. The molecule has 0 bridgehead atoms. The van der Waals surface area contributed by atoms with Gasteiger partial charge in [-0.25, -0.2) is 0 Å². The van der Waals surface area contributed by atoms with Crippen LogP contribution in [0.15, 0.2) is 0 Å². The molecule has 0 aromatic carbocycles. The van der Waals surface area contributed by atoms with Crippen LogP contribution >= 0.6 is 0 Å². The minimum atomic E-state index is 0.190. The molecule has 4 nitrogen and oxygen atoms in total. The minimum absolute atomic E-state index is 0.190. The van der Waals surface area contributed by atoms with Crippen LogP contribution in [0.1, 0.15) is 0 Å². The van der Waals surface area contributed by atoms with Crippen molar-refractivity contribution in [3.63, 3.8) is 0 Å². The van der Waals surface area contributed by atoms with Gasteiger partial charge in [-0.3, -0.25) is 0 Å². The van der Waals surface area contributed by atoms with Gasteiger partial charge in [0.05, 0.1) is 41.0 Å². The molecule has 2 atom stereocenters. The van der Waals surface area contributed by atoms with Gasteiger partial charge in [0, 0.05) is 0 Å². The maximum absolute atomic E-state index is 8.08. The lowest BCUT2D eigenvalue weighted by atomic mass is 10.4. The summed E-state index contributed by atoms with van der Waals surface area (Å²) in [6, 6.07) is 0. The molecule has 0 amide bonds. The van der Waals surface area contributed by atoms with Crippen molar-refractivity contribution in [3.8, 4) is 0 Å². The first-order valence-electron chi connectivity index (χ1n) is 4.66. The zero-order valence-corrected chi connectivity index (χ0v) is 8.69. The van der Waals surface area contributed by atoms with Crippen molar-refractivity contribution in [2.45, 2.75) is 12.2 Å². The van der Waals surface area contributed by atoms with E-state index in [9.17, 15) is 0 Å². The lowest BCUT2D eigenvalue weighted by molar-refractivity contribution is -0.870.